The maximum Gasteiger partial charge on any atom is 0.410 e. The van der Waals surface area contributed by atoms with Gasteiger partial charge in [-0.25, -0.2) is 9.78 Å². The van der Waals surface area contributed by atoms with Crippen molar-refractivity contribution in [2.75, 3.05) is 37.7 Å². The highest BCUT2D eigenvalue weighted by molar-refractivity contribution is 5.69. The molecule has 0 N–H and O–H groups in total. The van der Waals surface area contributed by atoms with Crippen molar-refractivity contribution in [2.45, 2.75) is 50.7 Å². The lowest BCUT2D eigenvalue weighted by Gasteiger charge is -2.45. The number of carbonyl (C=O) groups is 1. The number of carbonyl (C=O) groups excluding carboxylic acids is 1. The van der Waals surface area contributed by atoms with E-state index in [0.717, 1.165) is 57.7 Å². The minimum Gasteiger partial charge on any atom is -0.450 e. The third-order valence-corrected chi connectivity index (χ3v) is 6.22. The maximum absolute atomic E-state index is 12.2. The summed E-state index contributed by atoms with van der Waals surface area (Å²) in [5.41, 5.74) is 0.598. The fraction of sp³-hybridized carbons (Fsp3) is 0.650. The third kappa shape index (κ3) is 3.59. The second-order valence-electron chi connectivity index (χ2n) is 7.66. The predicted molar refractivity (Wildman–Crippen MR) is 101 cm³/mol. The SMILES string of the molecule is CCOC(=O)N1C2CCC1CC(N1CCN(c3ccc(C#N)cn3)CC1)C2. The predicted octanol–water partition coefficient (Wildman–Crippen LogP) is 2.23. The molecule has 0 radical (unpaired) electrons. The van der Waals surface area contributed by atoms with Gasteiger partial charge in [0.2, 0.25) is 0 Å². The van der Waals surface area contributed by atoms with Gasteiger partial charge in [0, 0.05) is 50.5 Å². The van der Waals surface area contributed by atoms with E-state index >= 15 is 0 Å². The van der Waals surface area contributed by atoms with Crippen molar-refractivity contribution in [1.29, 1.82) is 5.26 Å². The molecule has 27 heavy (non-hydrogen) atoms. The summed E-state index contributed by atoms with van der Waals surface area (Å²) in [6.45, 7) is 6.26. The Bertz CT molecular complexity index is 694. The molecule has 0 spiro atoms. The molecule has 2 atom stereocenters. The van der Waals surface area contributed by atoms with Crippen molar-refractivity contribution in [1.82, 2.24) is 14.8 Å². The zero-order valence-electron chi connectivity index (χ0n) is 15.9. The number of amides is 1. The van der Waals surface area contributed by atoms with Gasteiger partial charge in [-0.3, -0.25) is 4.90 Å². The molecule has 3 aliphatic rings. The Kier molecular flexibility index (Phi) is 5.17. The van der Waals surface area contributed by atoms with Crippen LogP contribution < -0.4 is 4.90 Å². The number of nitrogens with zero attached hydrogens (tertiary/aromatic N) is 5. The quantitative estimate of drug-likeness (QED) is 0.814. The number of fused-ring (bicyclic) bond motifs is 2. The molecule has 3 aliphatic heterocycles. The standard InChI is InChI=1S/C20H27N5O2/c1-2-27-20(26)25-16-4-5-17(25)12-18(11-16)23-7-9-24(10-8-23)19-6-3-15(13-21)14-22-19/h3,6,14,16-18H,2,4-5,7-12H2,1H3. The van der Waals surface area contributed by atoms with Crippen LogP contribution in [0.1, 0.15) is 38.2 Å². The molecule has 0 saturated carbocycles. The van der Waals surface area contributed by atoms with Gasteiger partial charge in [-0.1, -0.05) is 0 Å². The Morgan fingerprint density at radius 2 is 1.89 bits per heavy atom. The summed E-state index contributed by atoms with van der Waals surface area (Å²) in [6.07, 6.45) is 5.85. The topological polar surface area (TPSA) is 72.7 Å². The fourth-order valence-electron chi connectivity index (χ4n) is 4.90. The van der Waals surface area contributed by atoms with Crippen molar-refractivity contribution >= 4 is 11.9 Å². The minimum absolute atomic E-state index is 0.125. The summed E-state index contributed by atoms with van der Waals surface area (Å²) in [4.78, 5) is 23.6. The normalized spacial score (nSPS) is 28.1. The number of anilines is 1. The second kappa shape index (κ2) is 7.73. The number of hydrogen-bond donors (Lipinski definition) is 0. The van der Waals surface area contributed by atoms with Crippen molar-refractivity contribution < 1.29 is 9.53 Å². The average Bonchev–Trinajstić information content (AvgIpc) is 2.98. The van der Waals surface area contributed by atoms with Crippen LogP contribution in [0.25, 0.3) is 0 Å². The van der Waals surface area contributed by atoms with Crippen molar-refractivity contribution in [3.63, 3.8) is 0 Å². The first-order valence-electron chi connectivity index (χ1n) is 10.00. The number of piperazine rings is 1. The van der Waals surface area contributed by atoms with Crippen LogP contribution in [-0.4, -0.2) is 71.8 Å². The molecule has 4 heterocycles. The van der Waals surface area contributed by atoms with E-state index in [1.165, 1.54) is 0 Å². The van der Waals surface area contributed by atoms with E-state index < -0.39 is 0 Å². The molecule has 0 aromatic carbocycles. The van der Waals surface area contributed by atoms with Crippen LogP contribution in [0, 0.1) is 11.3 Å². The summed E-state index contributed by atoms with van der Waals surface area (Å²) in [7, 11) is 0. The van der Waals surface area contributed by atoms with E-state index in [2.05, 4.69) is 20.9 Å². The maximum atomic E-state index is 12.2. The number of aromatic nitrogens is 1. The number of nitriles is 1. The molecule has 0 aliphatic carbocycles. The number of piperidine rings is 1. The smallest absolute Gasteiger partial charge is 0.410 e. The Hall–Kier alpha value is -2.33. The summed E-state index contributed by atoms with van der Waals surface area (Å²) in [5, 5.41) is 8.91. The summed E-state index contributed by atoms with van der Waals surface area (Å²) >= 11 is 0. The molecule has 3 saturated heterocycles. The van der Waals surface area contributed by atoms with Gasteiger partial charge in [-0.05, 0) is 44.7 Å². The highest BCUT2D eigenvalue weighted by Crippen LogP contribution is 2.38. The molecular weight excluding hydrogens is 342 g/mol. The molecular formula is C20H27N5O2. The number of rotatable bonds is 3. The first-order chi connectivity index (χ1) is 13.2. The van der Waals surface area contributed by atoms with E-state index in [4.69, 9.17) is 10.00 Å². The highest BCUT2D eigenvalue weighted by atomic mass is 16.6. The minimum atomic E-state index is -0.125. The van der Waals surface area contributed by atoms with Gasteiger partial charge < -0.3 is 14.5 Å². The van der Waals surface area contributed by atoms with Crippen LogP contribution in [-0.2, 0) is 4.74 Å². The lowest BCUT2D eigenvalue weighted by atomic mass is 9.95. The number of pyridine rings is 1. The average molecular weight is 369 g/mol. The zero-order valence-corrected chi connectivity index (χ0v) is 15.9. The highest BCUT2D eigenvalue weighted by Gasteiger charge is 2.45. The molecule has 7 nitrogen and oxygen atoms in total. The molecule has 144 valence electrons. The van der Waals surface area contributed by atoms with E-state index in [1.54, 1.807) is 6.20 Å². The molecule has 4 rings (SSSR count). The summed E-state index contributed by atoms with van der Waals surface area (Å²) in [6, 6.07) is 7.12. The lowest BCUT2D eigenvalue weighted by Crippen LogP contribution is -2.56. The van der Waals surface area contributed by atoms with Crippen LogP contribution in [0.4, 0.5) is 10.6 Å². The lowest BCUT2D eigenvalue weighted by molar-refractivity contribution is 0.0396. The van der Waals surface area contributed by atoms with Gasteiger partial charge in [0.1, 0.15) is 11.9 Å². The van der Waals surface area contributed by atoms with Gasteiger partial charge in [-0.2, -0.15) is 5.26 Å². The third-order valence-electron chi connectivity index (χ3n) is 6.22. The van der Waals surface area contributed by atoms with E-state index in [9.17, 15) is 4.79 Å². The molecule has 7 heteroatoms. The number of ether oxygens (including phenoxy) is 1. The fourth-order valence-corrected chi connectivity index (χ4v) is 4.90. The summed E-state index contributed by atoms with van der Waals surface area (Å²) in [5.74, 6) is 0.950. The largest absolute Gasteiger partial charge is 0.450 e. The van der Waals surface area contributed by atoms with E-state index in [1.807, 2.05) is 24.0 Å². The van der Waals surface area contributed by atoms with E-state index in [0.29, 0.717) is 30.3 Å². The molecule has 1 aromatic heterocycles. The van der Waals surface area contributed by atoms with Crippen molar-refractivity contribution in [2.24, 2.45) is 0 Å². The first-order valence-corrected chi connectivity index (χ1v) is 10.00. The Labute approximate surface area is 160 Å². The Balaban J connectivity index is 1.33. The monoisotopic (exact) mass is 369 g/mol. The first kappa shape index (κ1) is 18.1. The Morgan fingerprint density at radius 3 is 2.44 bits per heavy atom. The molecule has 3 fully saturated rings. The van der Waals surface area contributed by atoms with Crippen LogP contribution in [0.15, 0.2) is 18.3 Å². The van der Waals surface area contributed by atoms with Crippen molar-refractivity contribution in [3.8, 4) is 6.07 Å². The molecule has 1 aromatic rings. The van der Waals surface area contributed by atoms with Gasteiger partial charge >= 0.3 is 6.09 Å². The molecule has 1 amide bonds. The van der Waals surface area contributed by atoms with E-state index in [-0.39, 0.29) is 6.09 Å². The van der Waals surface area contributed by atoms with Gasteiger partial charge in [-0.15, -0.1) is 0 Å². The summed E-state index contributed by atoms with van der Waals surface area (Å²) < 4.78 is 5.26. The van der Waals surface area contributed by atoms with Crippen LogP contribution >= 0.6 is 0 Å². The van der Waals surface area contributed by atoms with Gasteiger partial charge in [0.15, 0.2) is 0 Å². The van der Waals surface area contributed by atoms with Crippen LogP contribution in [0.2, 0.25) is 0 Å². The Morgan fingerprint density at radius 1 is 1.19 bits per heavy atom. The van der Waals surface area contributed by atoms with Gasteiger partial charge in [0.05, 0.1) is 12.2 Å². The second-order valence-corrected chi connectivity index (χ2v) is 7.66. The molecule has 2 unspecified atom stereocenters. The number of hydrogen-bond acceptors (Lipinski definition) is 6. The zero-order chi connectivity index (χ0) is 18.8. The molecule has 2 bridgehead atoms. The van der Waals surface area contributed by atoms with Crippen molar-refractivity contribution in [3.05, 3.63) is 23.9 Å². The van der Waals surface area contributed by atoms with Crippen LogP contribution in [0.3, 0.4) is 0 Å². The van der Waals surface area contributed by atoms with Crippen LogP contribution in [0.5, 0.6) is 0 Å². The van der Waals surface area contributed by atoms with Gasteiger partial charge in [0.25, 0.3) is 0 Å².